The summed E-state index contributed by atoms with van der Waals surface area (Å²) < 4.78 is 0. The van der Waals surface area contributed by atoms with E-state index in [-0.39, 0.29) is 31.3 Å². The average Bonchev–Trinajstić information content (AvgIpc) is 2.65. The highest BCUT2D eigenvalue weighted by molar-refractivity contribution is 5.96. The van der Waals surface area contributed by atoms with Crippen molar-refractivity contribution in [1.29, 1.82) is 5.26 Å². The number of benzene rings is 2. The van der Waals surface area contributed by atoms with Crippen molar-refractivity contribution in [2.24, 2.45) is 0 Å². The molecule has 28 heavy (non-hydrogen) atoms. The highest BCUT2D eigenvalue weighted by Gasteiger charge is 2.20. The number of hydrogen-bond donors (Lipinski definition) is 1. The summed E-state index contributed by atoms with van der Waals surface area (Å²) in [4.78, 5) is 28.4. The molecule has 2 aromatic rings. The summed E-state index contributed by atoms with van der Waals surface area (Å²) in [7, 11) is 1.73. The van der Waals surface area contributed by atoms with Crippen molar-refractivity contribution in [1.82, 2.24) is 4.90 Å². The van der Waals surface area contributed by atoms with Crippen molar-refractivity contribution in [3.63, 3.8) is 0 Å². The molecule has 146 valence electrons. The summed E-state index contributed by atoms with van der Waals surface area (Å²) in [5.74, 6) is -0.323. The van der Waals surface area contributed by atoms with Crippen molar-refractivity contribution in [2.45, 2.75) is 20.3 Å². The van der Waals surface area contributed by atoms with Crippen molar-refractivity contribution in [3.8, 4) is 6.07 Å². The Hall–Kier alpha value is -3.17. The minimum Gasteiger partial charge on any atom is -0.325 e. The second kappa shape index (κ2) is 10.2. The van der Waals surface area contributed by atoms with Gasteiger partial charge in [-0.2, -0.15) is 5.26 Å². The van der Waals surface area contributed by atoms with E-state index >= 15 is 0 Å². The van der Waals surface area contributed by atoms with Crippen LogP contribution in [-0.4, -0.2) is 43.4 Å². The van der Waals surface area contributed by atoms with Crippen LogP contribution in [0.2, 0.25) is 0 Å². The number of amides is 2. The molecule has 0 unspecified atom stereocenters. The molecule has 0 radical (unpaired) electrons. The minimum absolute atomic E-state index is 0.0843. The summed E-state index contributed by atoms with van der Waals surface area (Å²) in [5, 5.41) is 11.8. The van der Waals surface area contributed by atoms with Gasteiger partial charge in [0.15, 0.2) is 0 Å². The van der Waals surface area contributed by atoms with Gasteiger partial charge in [0.1, 0.15) is 0 Å². The predicted octanol–water partition coefficient (Wildman–Crippen LogP) is 3.12. The summed E-state index contributed by atoms with van der Waals surface area (Å²) in [6.45, 7) is 4.46. The Morgan fingerprint density at radius 2 is 1.75 bits per heavy atom. The lowest BCUT2D eigenvalue weighted by Gasteiger charge is -2.26. The molecule has 0 aliphatic heterocycles. The molecule has 0 aliphatic carbocycles. The smallest absolute Gasteiger partial charge is 0.241 e. The Morgan fingerprint density at radius 1 is 1.04 bits per heavy atom. The molecule has 0 aliphatic rings. The molecule has 0 spiro atoms. The fraction of sp³-hybridized carbons (Fsp3) is 0.318. The first-order chi connectivity index (χ1) is 13.4. The number of aryl methyl sites for hydroxylation is 1. The maximum Gasteiger partial charge on any atom is 0.241 e. The van der Waals surface area contributed by atoms with Crippen molar-refractivity contribution >= 4 is 23.2 Å². The predicted molar refractivity (Wildman–Crippen MR) is 111 cm³/mol. The van der Waals surface area contributed by atoms with Gasteiger partial charge in [0.2, 0.25) is 11.8 Å². The van der Waals surface area contributed by atoms with E-state index in [1.54, 1.807) is 16.8 Å². The summed E-state index contributed by atoms with van der Waals surface area (Å²) in [5.41, 5.74) is 3.63. The average molecular weight is 378 g/mol. The number of rotatable bonds is 8. The van der Waals surface area contributed by atoms with E-state index in [1.165, 1.54) is 0 Å². The molecule has 2 amide bonds. The van der Waals surface area contributed by atoms with Gasteiger partial charge in [-0.1, -0.05) is 30.3 Å². The van der Waals surface area contributed by atoms with Crippen LogP contribution in [0.5, 0.6) is 0 Å². The Bertz CT molecular complexity index is 859. The van der Waals surface area contributed by atoms with E-state index in [9.17, 15) is 9.59 Å². The molecule has 2 rings (SSSR count). The van der Waals surface area contributed by atoms with Crippen LogP contribution in [0.4, 0.5) is 11.4 Å². The number of carbonyl (C=O) groups excluding carboxylic acids is 2. The first-order valence-corrected chi connectivity index (χ1v) is 9.19. The van der Waals surface area contributed by atoms with Crippen LogP contribution in [0.3, 0.4) is 0 Å². The van der Waals surface area contributed by atoms with E-state index in [4.69, 9.17) is 5.26 Å². The second-order valence-corrected chi connectivity index (χ2v) is 6.76. The lowest BCUT2D eigenvalue weighted by Crippen LogP contribution is -2.42. The topological polar surface area (TPSA) is 76.4 Å². The zero-order chi connectivity index (χ0) is 20.5. The molecule has 0 atom stereocenters. The van der Waals surface area contributed by atoms with Crippen LogP contribution >= 0.6 is 0 Å². The van der Waals surface area contributed by atoms with Gasteiger partial charge < -0.3 is 10.2 Å². The quantitative estimate of drug-likeness (QED) is 0.766. The molecule has 6 nitrogen and oxygen atoms in total. The van der Waals surface area contributed by atoms with Gasteiger partial charge in [-0.3, -0.25) is 14.5 Å². The lowest BCUT2D eigenvalue weighted by molar-refractivity contribution is -0.121. The monoisotopic (exact) mass is 378 g/mol. The zero-order valence-electron chi connectivity index (χ0n) is 16.6. The van der Waals surface area contributed by atoms with Gasteiger partial charge in [-0.05, 0) is 50.2 Å². The van der Waals surface area contributed by atoms with Crippen molar-refractivity contribution in [2.75, 3.05) is 36.9 Å². The van der Waals surface area contributed by atoms with Crippen LogP contribution in [0, 0.1) is 25.2 Å². The number of nitrogens with one attached hydrogen (secondary N) is 1. The number of hydrogen-bond acceptors (Lipinski definition) is 4. The molecule has 6 heteroatoms. The number of likely N-dealkylation sites (N-methyl/N-ethyl adjacent to an activating group) is 1. The summed E-state index contributed by atoms with van der Waals surface area (Å²) in [6.07, 6.45) is 0.247. The highest BCUT2D eigenvalue weighted by atomic mass is 16.2. The molecule has 0 fully saturated rings. The number of nitrogens with zero attached hydrogens (tertiary/aromatic N) is 3. The molecule has 2 aromatic carbocycles. The Balaban J connectivity index is 2.03. The third-order valence-electron chi connectivity index (χ3n) is 4.49. The number of anilines is 2. The van der Waals surface area contributed by atoms with Crippen LogP contribution in [0.15, 0.2) is 48.5 Å². The van der Waals surface area contributed by atoms with E-state index in [0.717, 1.165) is 22.5 Å². The van der Waals surface area contributed by atoms with Crippen LogP contribution < -0.4 is 10.2 Å². The molecule has 0 heterocycles. The molecule has 1 N–H and O–H groups in total. The Labute approximate surface area is 166 Å². The van der Waals surface area contributed by atoms with Crippen molar-refractivity contribution < 1.29 is 9.59 Å². The van der Waals surface area contributed by atoms with Crippen LogP contribution in [0.1, 0.15) is 17.5 Å². The minimum atomic E-state index is -0.184. The van der Waals surface area contributed by atoms with E-state index in [0.29, 0.717) is 6.54 Å². The fourth-order valence-corrected chi connectivity index (χ4v) is 2.91. The van der Waals surface area contributed by atoms with E-state index in [1.807, 2.05) is 62.4 Å². The fourth-order valence-electron chi connectivity index (χ4n) is 2.91. The maximum absolute atomic E-state index is 12.9. The molecule has 0 saturated heterocycles. The van der Waals surface area contributed by atoms with Gasteiger partial charge in [-0.25, -0.2) is 0 Å². The van der Waals surface area contributed by atoms with Crippen LogP contribution in [0.25, 0.3) is 0 Å². The largest absolute Gasteiger partial charge is 0.325 e. The SMILES string of the molecule is Cc1cccc(N(CCC#N)C(=O)CN(C)CC(=O)Nc2ccccc2)c1C. The number of carbonyl (C=O) groups is 2. The summed E-state index contributed by atoms with van der Waals surface area (Å²) >= 11 is 0. The van der Waals surface area contributed by atoms with Gasteiger partial charge in [-0.15, -0.1) is 0 Å². The first kappa shape index (κ1) is 21.1. The highest BCUT2D eigenvalue weighted by Crippen LogP contribution is 2.23. The maximum atomic E-state index is 12.9. The van der Waals surface area contributed by atoms with Gasteiger partial charge in [0.05, 0.1) is 25.6 Å². The zero-order valence-corrected chi connectivity index (χ0v) is 16.6. The van der Waals surface area contributed by atoms with Gasteiger partial charge >= 0.3 is 0 Å². The second-order valence-electron chi connectivity index (χ2n) is 6.76. The van der Waals surface area contributed by atoms with Crippen molar-refractivity contribution in [3.05, 3.63) is 59.7 Å². The molecule has 0 aromatic heterocycles. The molecular weight excluding hydrogens is 352 g/mol. The third kappa shape index (κ3) is 5.93. The number of nitriles is 1. The number of para-hydroxylation sites is 1. The van der Waals surface area contributed by atoms with Crippen LogP contribution in [-0.2, 0) is 9.59 Å². The molecular formula is C22H26N4O2. The Morgan fingerprint density at radius 3 is 2.43 bits per heavy atom. The summed E-state index contributed by atoms with van der Waals surface area (Å²) in [6, 6.07) is 17.1. The van der Waals surface area contributed by atoms with E-state index < -0.39 is 0 Å². The first-order valence-electron chi connectivity index (χ1n) is 9.19. The standard InChI is InChI=1S/C22H26N4O2/c1-17-9-7-12-20(18(17)2)26(14-8-13-23)22(28)16-25(3)15-21(27)24-19-10-5-4-6-11-19/h4-7,9-12H,8,14-16H2,1-3H3,(H,24,27). The Kier molecular flexibility index (Phi) is 7.73. The normalized spacial score (nSPS) is 10.4. The van der Waals surface area contributed by atoms with E-state index in [2.05, 4.69) is 11.4 Å². The molecule has 0 saturated carbocycles. The molecule has 0 bridgehead atoms. The van der Waals surface area contributed by atoms with Gasteiger partial charge in [0.25, 0.3) is 0 Å². The lowest BCUT2D eigenvalue weighted by atomic mass is 10.1. The van der Waals surface area contributed by atoms with Gasteiger partial charge in [0, 0.05) is 17.9 Å². The third-order valence-corrected chi connectivity index (χ3v) is 4.49.